The molecule has 2 heterocycles. The van der Waals surface area contributed by atoms with Crippen LogP contribution >= 0.6 is 0 Å². The lowest BCUT2D eigenvalue weighted by Gasteiger charge is -2.11. The normalized spacial score (nSPS) is 28.8. The van der Waals surface area contributed by atoms with E-state index < -0.39 is 5.60 Å². The van der Waals surface area contributed by atoms with Gasteiger partial charge in [-0.15, -0.1) is 0 Å². The van der Waals surface area contributed by atoms with Gasteiger partial charge in [0.1, 0.15) is 12.7 Å². The first kappa shape index (κ1) is 15.3. The lowest BCUT2D eigenvalue weighted by molar-refractivity contribution is 0.246. The molecule has 0 unspecified atom stereocenters. The van der Waals surface area contributed by atoms with E-state index >= 15 is 0 Å². The third kappa shape index (κ3) is 2.82. The zero-order valence-electron chi connectivity index (χ0n) is 14.1. The molecule has 0 saturated carbocycles. The highest BCUT2D eigenvalue weighted by Gasteiger charge is 2.63. The van der Waals surface area contributed by atoms with Crippen LogP contribution in [0.3, 0.4) is 0 Å². The molecule has 22 heavy (non-hydrogen) atoms. The number of aliphatic imine (C=N–C) groups is 1. The lowest BCUT2D eigenvalue weighted by atomic mass is 9.94. The average Bonchev–Trinajstić information content (AvgIpc) is 3.07. The summed E-state index contributed by atoms with van der Waals surface area (Å²) >= 11 is 0. The maximum absolute atomic E-state index is 6.16. The Kier molecular flexibility index (Phi) is 3.64. The van der Waals surface area contributed by atoms with Gasteiger partial charge in [-0.25, -0.2) is 4.99 Å². The lowest BCUT2D eigenvalue weighted by Crippen LogP contribution is -2.25. The number of ether oxygens (including phenoxy) is 2. The average molecular weight is 299 g/mol. The standard InChI is InChI=1S/C19H25NO2/c1-13(2)10-11-19(17-20-18(4,5)12-21-17)16(22-19)15-8-6-14(3)7-9-15/h6-10,16H,11-12H2,1-5H3/t16-,19+/m0/s1. The van der Waals surface area contributed by atoms with Crippen molar-refractivity contribution >= 4 is 5.90 Å². The smallest absolute Gasteiger partial charge is 0.220 e. The molecule has 1 aromatic carbocycles. The molecule has 1 saturated heterocycles. The molecule has 2 aliphatic heterocycles. The van der Waals surface area contributed by atoms with Crippen molar-refractivity contribution in [1.82, 2.24) is 0 Å². The molecule has 118 valence electrons. The van der Waals surface area contributed by atoms with Gasteiger partial charge in [-0.2, -0.15) is 0 Å². The molecule has 0 amide bonds. The molecule has 3 heteroatoms. The van der Waals surface area contributed by atoms with Crippen molar-refractivity contribution in [3.63, 3.8) is 0 Å². The van der Waals surface area contributed by atoms with Crippen LogP contribution in [0.15, 0.2) is 40.9 Å². The van der Waals surface area contributed by atoms with E-state index in [1.54, 1.807) is 0 Å². The van der Waals surface area contributed by atoms with Gasteiger partial charge in [0, 0.05) is 6.42 Å². The summed E-state index contributed by atoms with van der Waals surface area (Å²) in [7, 11) is 0. The van der Waals surface area contributed by atoms with Crippen LogP contribution in [0.4, 0.5) is 0 Å². The Morgan fingerprint density at radius 3 is 2.50 bits per heavy atom. The van der Waals surface area contributed by atoms with Crippen molar-refractivity contribution in [3.8, 4) is 0 Å². The third-order valence-corrected chi connectivity index (χ3v) is 4.22. The maximum Gasteiger partial charge on any atom is 0.220 e. The molecule has 3 rings (SSSR count). The zero-order chi connectivity index (χ0) is 16.0. The highest BCUT2D eigenvalue weighted by atomic mass is 16.6. The molecule has 2 atom stereocenters. The van der Waals surface area contributed by atoms with Gasteiger partial charge < -0.3 is 9.47 Å². The minimum atomic E-state index is -0.416. The summed E-state index contributed by atoms with van der Waals surface area (Å²) < 4.78 is 12.1. The molecule has 1 fully saturated rings. The van der Waals surface area contributed by atoms with E-state index in [0.29, 0.717) is 6.61 Å². The van der Waals surface area contributed by atoms with Gasteiger partial charge in [0.25, 0.3) is 0 Å². The number of rotatable bonds is 4. The number of hydrogen-bond acceptors (Lipinski definition) is 3. The van der Waals surface area contributed by atoms with Gasteiger partial charge in [0.2, 0.25) is 5.90 Å². The van der Waals surface area contributed by atoms with Crippen LogP contribution in [0.1, 0.15) is 51.3 Å². The van der Waals surface area contributed by atoms with E-state index in [2.05, 4.69) is 65.0 Å². The number of aryl methyl sites for hydroxylation is 1. The van der Waals surface area contributed by atoms with Crippen molar-refractivity contribution in [1.29, 1.82) is 0 Å². The Morgan fingerprint density at radius 1 is 1.27 bits per heavy atom. The van der Waals surface area contributed by atoms with Gasteiger partial charge >= 0.3 is 0 Å². The predicted molar refractivity (Wildman–Crippen MR) is 89.3 cm³/mol. The Labute approximate surface area is 133 Å². The summed E-state index contributed by atoms with van der Waals surface area (Å²) in [4.78, 5) is 4.77. The van der Waals surface area contributed by atoms with Gasteiger partial charge in [0.15, 0.2) is 5.60 Å². The number of epoxide rings is 1. The van der Waals surface area contributed by atoms with Crippen LogP contribution in [-0.4, -0.2) is 23.6 Å². The largest absolute Gasteiger partial charge is 0.476 e. The summed E-state index contributed by atoms with van der Waals surface area (Å²) in [5.74, 6) is 0.764. The van der Waals surface area contributed by atoms with Crippen molar-refractivity contribution in [2.75, 3.05) is 6.61 Å². The van der Waals surface area contributed by atoms with Gasteiger partial charge in [-0.05, 0) is 40.2 Å². The van der Waals surface area contributed by atoms with Crippen LogP contribution in [0, 0.1) is 6.92 Å². The topological polar surface area (TPSA) is 34.1 Å². The minimum Gasteiger partial charge on any atom is -0.476 e. The fraction of sp³-hybridized carbons (Fsp3) is 0.526. The highest BCUT2D eigenvalue weighted by Crippen LogP contribution is 2.54. The summed E-state index contributed by atoms with van der Waals surface area (Å²) in [6.45, 7) is 11.1. The first-order valence-corrected chi connectivity index (χ1v) is 7.93. The Balaban J connectivity index is 1.90. The Morgan fingerprint density at radius 2 is 1.95 bits per heavy atom. The molecule has 0 N–H and O–H groups in total. The number of nitrogens with zero attached hydrogens (tertiary/aromatic N) is 1. The SMILES string of the molecule is CC(C)=CC[C@@]1(C2=NC(C)(C)CO2)O[C@H]1c1ccc(C)cc1. The van der Waals surface area contributed by atoms with E-state index in [0.717, 1.165) is 12.3 Å². The fourth-order valence-electron chi connectivity index (χ4n) is 2.82. The van der Waals surface area contributed by atoms with Crippen LogP contribution in [-0.2, 0) is 9.47 Å². The molecule has 2 aliphatic rings. The summed E-state index contributed by atoms with van der Waals surface area (Å²) in [6, 6.07) is 8.55. The second kappa shape index (κ2) is 5.24. The molecular weight excluding hydrogens is 274 g/mol. The zero-order valence-corrected chi connectivity index (χ0v) is 14.1. The summed E-state index contributed by atoms with van der Waals surface area (Å²) in [5.41, 5.74) is 3.17. The van der Waals surface area contributed by atoms with Gasteiger partial charge in [0.05, 0.1) is 5.54 Å². The van der Waals surface area contributed by atoms with Crippen molar-refractivity contribution in [2.45, 2.75) is 58.3 Å². The quantitative estimate of drug-likeness (QED) is 0.611. The van der Waals surface area contributed by atoms with E-state index in [-0.39, 0.29) is 11.6 Å². The van der Waals surface area contributed by atoms with Gasteiger partial charge in [-0.1, -0.05) is 41.5 Å². The number of benzene rings is 1. The summed E-state index contributed by atoms with van der Waals surface area (Å²) in [5, 5.41) is 0. The summed E-state index contributed by atoms with van der Waals surface area (Å²) in [6.07, 6.45) is 3.06. The molecule has 0 radical (unpaired) electrons. The number of hydrogen-bond donors (Lipinski definition) is 0. The fourth-order valence-corrected chi connectivity index (χ4v) is 2.82. The monoisotopic (exact) mass is 299 g/mol. The first-order chi connectivity index (χ1) is 10.3. The molecule has 1 aromatic rings. The second-order valence-electron chi connectivity index (χ2n) is 7.30. The van der Waals surface area contributed by atoms with E-state index in [1.165, 1.54) is 16.7 Å². The first-order valence-electron chi connectivity index (χ1n) is 7.93. The Bertz CT molecular complexity index is 623. The minimum absolute atomic E-state index is 0.0383. The Hall–Kier alpha value is -1.61. The predicted octanol–water partition coefficient (Wildman–Crippen LogP) is 4.37. The third-order valence-electron chi connectivity index (χ3n) is 4.22. The van der Waals surface area contributed by atoms with Gasteiger partial charge in [-0.3, -0.25) is 0 Å². The van der Waals surface area contributed by atoms with Crippen LogP contribution < -0.4 is 0 Å². The van der Waals surface area contributed by atoms with E-state index in [4.69, 9.17) is 14.5 Å². The molecule has 0 aliphatic carbocycles. The number of allylic oxidation sites excluding steroid dienone is 1. The van der Waals surface area contributed by atoms with Crippen molar-refractivity contribution in [3.05, 3.63) is 47.0 Å². The molecule has 0 bridgehead atoms. The molecule has 0 spiro atoms. The van der Waals surface area contributed by atoms with Crippen molar-refractivity contribution < 1.29 is 9.47 Å². The van der Waals surface area contributed by atoms with Crippen molar-refractivity contribution in [2.24, 2.45) is 4.99 Å². The maximum atomic E-state index is 6.16. The van der Waals surface area contributed by atoms with E-state index in [9.17, 15) is 0 Å². The molecule has 0 aromatic heterocycles. The highest BCUT2D eigenvalue weighted by molar-refractivity contribution is 5.90. The van der Waals surface area contributed by atoms with Crippen LogP contribution in [0.2, 0.25) is 0 Å². The van der Waals surface area contributed by atoms with Crippen LogP contribution in [0.5, 0.6) is 0 Å². The molecule has 3 nitrogen and oxygen atoms in total. The van der Waals surface area contributed by atoms with Crippen LogP contribution in [0.25, 0.3) is 0 Å². The van der Waals surface area contributed by atoms with E-state index in [1.807, 2.05) is 0 Å². The second-order valence-corrected chi connectivity index (χ2v) is 7.30. The molecular formula is C19H25NO2.